The molecule has 2 N–H and O–H groups in total. The Bertz CT molecular complexity index is 379. The van der Waals surface area contributed by atoms with Crippen molar-refractivity contribution in [2.45, 2.75) is 45.8 Å². The van der Waals surface area contributed by atoms with Crippen molar-refractivity contribution in [3.8, 4) is 0 Å². The first kappa shape index (κ1) is 17.3. The second-order valence-electron chi connectivity index (χ2n) is 4.57. The number of aryl methyl sites for hydroxylation is 3. The Hall–Kier alpha value is -0.740. The maximum atomic E-state index is 12.1. The standard InChI is InChI=1S/C13H18F3N.ClH/c1-8-6-9(2)12(10(3)7-8)11(17)4-5-13(14,15)16;/h6-7,11H,4-5,17H2,1-3H3;1H/t11-;/m1./s1. The minimum atomic E-state index is -4.13. The van der Waals surface area contributed by atoms with E-state index < -0.39 is 18.6 Å². The third kappa shape index (κ3) is 4.86. The summed E-state index contributed by atoms with van der Waals surface area (Å²) in [6, 6.07) is 3.36. The zero-order valence-electron chi connectivity index (χ0n) is 10.8. The highest BCUT2D eigenvalue weighted by molar-refractivity contribution is 5.85. The van der Waals surface area contributed by atoms with Gasteiger partial charge in [-0.1, -0.05) is 17.7 Å². The first-order valence-corrected chi connectivity index (χ1v) is 5.61. The van der Waals surface area contributed by atoms with Crippen LogP contribution in [-0.4, -0.2) is 6.18 Å². The maximum absolute atomic E-state index is 12.1. The molecule has 0 saturated carbocycles. The Labute approximate surface area is 112 Å². The molecule has 1 nitrogen and oxygen atoms in total. The SMILES string of the molecule is Cc1cc(C)c([C@H](N)CCC(F)(F)F)c(C)c1.Cl. The third-order valence-corrected chi connectivity index (χ3v) is 2.85. The molecule has 18 heavy (non-hydrogen) atoms. The van der Waals surface area contributed by atoms with Crippen LogP contribution >= 0.6 is 12.4 Å². The molecular formula is C13H19ClF3N. The van der Waals surface area contributed by atoms with Crippen LogP contribution in [0.1, 0.15) is 41.1 Å². The van der Waals surface area contributed by atoms with Gasteiger partial charge in [0.2, 0.25) is 0 Å². The third-order valence-electron chi connectivity index (χ3n) is 2.85. The zero-order chi connectivity index (χ0) is 13.2. The van der Waals surface area contributed by atoms with Crippen molar-refractivity contribution in [2.75, 3.05) is 0 Å². The number of rotatable bonds is 3. The van der Waals surface area contributed by atoms with E-state index >= 15 is 0 Å². The van der Waals surface area contributed by atoms with Crippen molar-refractivity contribution in [1.29, 1.82) is 0 Å². The highest BCUT2D eigenvalue weighted by Gasteiger charge is 2.28. The molecule has 0 unspecified atom stereocenters. The van der Waals surface area contributed by atoms with Crippen LogP contribution in [0.25, 0.3) is 0 Å². The fourth-order valence-electron chi connectivity index (χ4n) is 2.24. The molecule has 1 atom stereocenters. The molecule has 1 rings (SSSR count). The topological polar surface area (TPSA) is 26.0 Å². The summed E-state index contributed by atoms with van der Waals surface area (Å²) in [5, 5.41) is 0. The van der Waals surface area contributed by atoms with Gasteiger partial charge in [0.25, 0.3) is 0 Å². The van der Waals surface area contributed by atoms with Crippen LogP contribution < -0.4 is 5.73 Å². The van der Waals surface area contributed by atoms with E-state index in [9.17, 15) is 13.2 Å². The lowest BCUT2D eigenvalue weighted by Gasteiger charge is -2.19. The number of nitrogens with two attached hydrogens (primary N) is 1. The molecular weight excluding hydrogens is 263 g/mol. The van der Waals surface area contributed by atoms with Gasteiger partial charge in [0, 0.05) is 12.5 Å². The summed E-state index contributed by atoms with van der Waals surface area (Å²) >= 11 is 0. The van der Waals surface area contributed by atoms with E-state index in [1.165, 1.54) is 0 Å². The predicted molar refractivity (Wildman–Crippen MR) is 70.1 cm³/mol. The summed E-state index contributed by atoms with van der Waals surface area (Å²) in [5.41, 5.74) is 9.74. The second-order valence-corrected chi connectivity index (χ2v) is 4.57. The first-order chi connectivity index (χ1) is 7.70. The van der Waals surface area contributed by atoms with Crippen molar-refractivity contribution < 1.29 is 13.2 Å². The van der Waals surface area contributed by atoms with Crippen molar-refractivity contribution in [3.05, 3.63) is 34.4 Å². The van der Waals surface area contributed by atoms with Crippen LogP contribution in [0.2, 0.25) is 0 Å². The summed E-state index contributed by atoms with van der Waals surface area (Å²) in [7, 11) is 0. The van der Waals surface area contributed by atoms with Crippen LogP contribution in [0, 0.1) is 20.8 Å². The van der Waals surface area contributed by atoms with E-state index in [0.717, 1.165) is 22.3 Å². The Balaban J connectivity index is 0.00000289. The number of halogens is 4. The fourth-order valence-corrected chi connectivity index (χ4v) is 2.24. The molecule has 0 saturated heterocycles. The average Bonchev–Trinajstić information content (AvgIpc) is 2.11. The molecule has 0 amide bonds. The Morgan fingerprint density at radius 3 is 1.94 bits per heavy atom. The van der Waals surface area contributed by atoms with Gasteiger partial charge in [0.05, 0.1) is 0 Å². The molecule has 0 radical (unpaired) electrons. The quantitative estimate of drug-likeness (QED) is 0.874. The maximum Gasteiger partial charge on any atom is 0.389 e. The van der Waals surface area contributed by atoms with Crippen LogP contribution in [0.3, 0.4) is 0 Å². The lowest BCUT2D eigenvalue weighted by Crippen LogP contribution is -2.17. The van der Waals surface area contributed by atoms with Crippen LogP contribution in [0.15, 0.2) is 12.1 Å². The van der Waals surface area contributed by atoms with Crippen LogP contribution in [-0.2, 0) is 0 Å². The Morgan fingerprint density at radius 2 is 1.56 bits per heavy atom. The van der Waals surface area contributed by atoms with Crippen molar-refractivity contribution >= 4 is 12.4 Å². The molecule has 0 aliphatic carbocycles. The van der Waals surface area contributed by atoms with Gasteiger partial charge in [-0.3, -0.25) is 0 Å². The van der Waals surface area contributed by atoms with Crippen molar-refractivity contribution in [3.63, 3.8) is 0 Å². The van der Waals surface area contributed by atoms with Gasteiger partial charge in [-0.05, 0) is 43.9 Å². The van der Waals surface area contributed by atoms with Gasteiger partial charge < -0.3 is 5.73 Å². The molecule has 0 spiro atoms. The summed E-state index contributed by atoms with van der Waals surface area (Å²) in [4.78, 5) is 0. The number of alkyl halides is 3. The second kappa shape index (κ2) is 6.43. The predicted octanol–water partition coefficient (Wildman–Crippen LogP) is 4.38. The van der Waals surface area contributed by atoms with Crippen LogP contribution in [0.4, 0.5) is 13.2 Å². The molecule has 0 aromatic heterocycles. The van der Waals surface area contributed by atoms with Crippen molar-refractivity contribution in [1.82, 2.24) is 0 Å². The average molecular weight is 282 g/mol. The molecule has 0 bridgehead atoms. The highest BCUT2D eigenvalue weighted by Crippen LogP contribution is 2.29. The van der Waals surface area contributed by atoms with E-state index in [-0.39, 0.29) is 18.8 Å². The van der Waals surface area contributed by atoms with Gasteiger partial charge in [-0.2, -0.15) is 13.2 Å². The first-order valence-electron chi connectivity index (χ1n) is 5.61. The normalized spacial score (nSPS) is 13.1. The summed E-state index contributed by atoms with van der Waals surface area (Å²) in [6.45, 7) is 5.75. The molecule has 0 heterocycles. The molecule has 0 aliphatic heterocycles. The number of benzene rings is 1. The lowest BCUT2D eigenvalue weighted by molar-refractivity contribution is -0.136. The van der Waals surface area contributed by atoms with Gasteiger partial charge in [-0.25, -0.2) is 0 Å². The van der Waals surface area contributed by atoms with Crippen molar-refractivity contribution in [2.24, 2.45) is 5.73 Å². The largest absolute Gasteiger partial charge is 0.389 e. The number of hydrogen-bond donors (Lipinski definition) is 1. The Morgan fingerprint density at radius 1 is 1.11 bits per heavy atom. The van der Waals surface area contributed by atoms with Gasteiger partial charge in [0.1, 0.15) is 0 Å². The van der Waals surface area contributed by atoms with E-state index in [0.29, 0.717) is 0 Å². The smallest absolute Gasteiger partial charge is 0.324 e. The van der Waals surface area contributed by atoms with Gasteiger partial charge in [0.15, 0.2) is 0 Å². The lowest BCUT2D eigenvalue weighted by atomic mass is 9.92. The summed E-state index contributed by atoms with van der Waals surface area (Å²) in [6.07, 6.45) is -5.03. The Kier molecular flexibility index (Phi) is 6.17. The van der Waals surface area contributed by atoms with Gasteiger partial charge in [-0.15, -0.1) is 12.4 Å². The van der Waals surface area contributed by atoms with Gasteiger partial charge >= 0.3 is 6.18 Å². The minimum absolute atomic E-state index is 0. The van der Waals surface area contributed by atoms with E-state index in [1.807, 2.05) is 32.9 Å². The summed E-state index contributed by atoms with van der Waals surface area (Å²) < 4.78 is 36.4. The zero-order valence-corrected chi connectivity index (χ0v) is 11.6. The van der Waals surface area contributed by atoms with Crippen LogP contribution in [0.5, 0.6) is 0 Å². The van der Waals surface area contributed by atoms with E-state index in [1.54, 1.807) is 0 Å². The molecule has 1 aromatic rings. The summed E-state index contributed by atoms with van der Waals surface area (Å²) in [5.74, 6) is 0. The molecule has 1 aromatic carbocycles. The molecule has 0 fully saturated rings. The molecule has 5 heteroatoms. The van der Waals surface area contributed by atoms with E-state index in [2.05, 4.69) is 0 Å². The van der Waals surface area contributed by atoms with E-state index in [4.69, 9.17) is 5.73 Å². The monoisotopic (exact) mass is 281 g/mol. The highest BCUT2D eigenvalue weighted by atomic mass is 35.5. The molecule has 0 aliphatic rings. The number of hydrogen-bond acceptors (Lipinski definition) is 1. The molecule has 104 valence electrons. The fraction of sp³-hybridized carbons (Fsp3) is 0.538. The minimum Gasteiger partial charge on any atom is -0.324 e.